The Kier molecular flexibility index (Phi) is 49.8. The summed E-state index contributed by atoms with van der Waals surface area (Å²) in [6.07, 6.45) is 19.4. The molecule has 1 rings (SSSR count). The molecule has 0 aromatic rings. The van der Waals surface area contributed by atoms with Crippen LogP contribution in [0.5, 0.6) is 0 Å². The van der Waals surface area contributed by atoms with Crippen molar-refractivity contribution in [3.63, 3.8) is 0 Å². The molecule has 19 nitrogen and oxygen atoms in total. The van der Waals surface area contributed by atoms with Gasteiger partial charge in [-0.2, -0.15) is 0 Å². The van der Waals surface area contributed by atoms with Gasteiger partial charge in [-0.25, -0.2) is 4.79 Å². The highest BCUT2D eigenvalue weighted by atomic mass is 16.5. The number of amides is 5. The van der Waals surface area contributed by atoms with Crippen LogP contribution in [0.15, 0.2) is 0 Å². The van der Waals surface area contributed by atoms with Crippen molar-refractivity contribution in [3.05, 3.63) is 0 Å². The SMILES string of the molecule is CO.CO.O=C1CCC(=O)N1.O=CCCCCCCCCCCCCCCCCC(=O)NC(CCC(=O)NCCOCCOCC(=O)NCCOCCOCC=O)C(=O)O. The van der Waals surface area contributed by atoms with Gasteiger partial charge in [-0.1, -0.05) is 77.0 Å². The number of hydrogen-bond acceptors (Lipinski definition) is 14. The number of hydrogen-bond donors (Lipinski definition) is 7. The first-order chi connectivity index (χ1) is 29.2. The van der Waals surface area contributed by atoms with Gasteiger partial charge in [-0.15, -0.1) is 0 Å². The molecule has 350 valence electrons. The number of carboxylic acid groups (broad SMARTS) is 1. The molecule has 1 aliphatic heterocycles. The lowest BCUT2D eigenvalue weighted by molar-refractivity contribution is -0.142. The van der Waals surface area contributed by atoms with E-state index in [9.17, 15) is 43.5 Å². The Hall–Kier alpha value is -3.88. The number of aliphatic hydroxyl groups excluding tert-OH is 2. The third-order valence-electron chi connectivity index (χ3n) is 8.43. The van der Waals surface area contributed by atoms with E-state index < -0.39 is 12.0 Å². The van der Waals surface area contributed by atoms with E-state index in [-0.39, 0.29) is 88.4 Å². The summed E-state index contributed by atoms with van der Waals surface area (Å²) in [5.74, 6) is -2.41. The molecule has 0 aromatic carbocycles. The van der Waals surface area contributed by atoms with Gasteiger partial charge in [0.05, 0.1) is 39.6 Å². The molecule has 0 radical (unpaired) electrons. The Morgan fingerprint density at radius 1 is 0.583 bits per heavy atom. The lowest BCUT2D eigenvalue weighted by Crippen LogP contribution is -2.41. The summed E-state index contributed by atoms with van der Waals surface area (Å²) >= 11 is 0. The van der Waals surface area contributed by atoms with Crippen molar-refractivity contribution >= 4 is 48.1 Å². The van der Waals surface area contributed by atoms with Crippen molar-refractivity contribution < 1.29 is 72.6 Å². The fourth-order valence-electron chi connectivity index (χ4n) is 5.34. The lowest BCUT2D eigenvalue weighted by Gasteiger charge is -2.14. The van der Waals surface area contributed by atoms with Crippen molar-refractivity contribution in [1.82, 2.24) is 21.3 Å². The number of aliphatic carboxylic acids is 1. The van der Waals surface area contributed by atoms with Gasteiger partial charge in [0.25, 0.3) is 0 Å². The largest absolute Gasteiger partial charge is 0.480 e. The zero-order valence-electron chi connectivity index (χ0n) is 36.2. The highest BCUT2D eigenvalue weighted by molar-refractivity contribution is 6.01. The molecule has 1 saturated heterocycles. The maximum atomic E-state index is 12.3. The topological polar surface area (TPSA) is 282 Å². The number of carbonyl (C=O) groups excluding carboxylic acids is 7. The maximum Gasteiger partial charge on any atom is 0.326 e. The molecule has 1 atom stereocenters. The van der Waals surface area contributed by atoms with E-state index in [4.69, 9.17) is 29.2 Å². The number of rotatable bonds is 38. The molecular formula is C41H76N4O15. The van der Waals surface area contributed by atoms with Gasteiger partial charge in [-0.05, 0) is 19.3 Å². The van der Waals surface area contributed by atoms with Crippen molar-refractivity contribution in [2.75, 3.05) is 80.2 Å². The van der Waals surface area contributed by atoms with Gasteiger partial charge in [0.15, 0.2) is 0 Å². The van der Waals surface area contributed by atoms with Gasteiger partial charge >= 0.3 is 5.97 Å². The van der Waals surface area contributed by atoms with Crippen molar-refractivity contribution in [2.24, 2.45) is 0 Å². The first-order valence-corrected chi connectivity index (χ1v) is 21.2. The fraction of sp³-hybridized carbons (Fsp3) is 0.805. The molecule has 0 aromatic heterocycles. The van der Waals surface area contributed by atoms with E-state index in [1.165, 1.54) is 51.4 Å². The van der Waals surface area contributed by atoms with Crippen LogP contribution in [0.2, 0.25) is 0 Å². The van der Waals surface area contributed by atoms with E-state index >= 15 is 0 Å². The molecule has 19 heteroatoms. The highest BCUT2D eigenvalue weighted by Crippen LogP contribution is 2.14. The van der Waals surface area contributed by atoms with Crippen LogP contribution in [0.1, 0.15) is 128 Å². The number of unbranched alkanes of at least 4 members (excludes halogenated alkanes) is 14. The minimum Gasteiger partial charge on any atom is -0.480 e. The summed E-state index contributed by atoms with van der Waals surface area (Å²) in [7, 11) is 2.00. The van der Waals surface area contributed by atoms with Crippen molar-refractivity contribution in [1.29, 1.82) is 0 Å². The third-order valence-corrected chi connectivity index (χ3v) is 8.43. The Morgan fingerprint density at radius 3 is 1.48 bits per heavy atom. The zero-order valence-corrected chi connectivity index (χ0v) is 36.2. The molecule has 0 aliphatic carbocycles. The number of nitrogens with one attached hydrogen (secondary N) is 4. The predicted octanol–water partition coefficient (Wildman–Crippen LogP) is 1.91. The molecule has 0 bridgehead atoms. The fourth-order valence-corrected chi connectivity index (χ4v) is 5.34. The Bertz CT molecular complexity index is 1080. The molecule has 1 unspecified atom stereocenters. The lowest BCUT2D eigenvalue weighted by atomic mass is 10.0. The Labute approximate surface area is 356 Å². The minimum atomic E-state index is -1.17. The number of aldehydes is 2. The number of ether oxygens (including phenoxy) is 4. The van der Waals surface area contributed by atoms with E-state index in [0.717, 1.165) is 52.6 Å². The Morgan fingerprint density at radius 2 is 1.03 bits per heavy atom. The van der Waals surface area contributed by atoms with Gasteiger partial charge in [0.1, 0.15) is 31.8 Å². The first kappa shape index (κ1) is 60.4. The molecule has 1 fully saturated rings. The third kappa shape index (κ3) is 46.8. The molecular weight excluding hydrogens is 788 g/mol. The van der Waals surface area contributed by atoms with Crippen LogP contribution in [0.3, 0.4) is 0 Å². The molecule has 7 N–H and O–H groups in total. The normalized spacial score (nSPS) is 11.9. The zero-order chi connectivity index (χ0) is 45.3. The smallest absolute Gasteiger partial charge is 0.326 e. The first-order valence-electron chi connectivity index (χ1n) is 21.2. The highest BCUT2D eigenvalue weighted by Gasteiger charge is 2.21. The second-order valence-electron chi connectivity index (χ2n) is 13.3. The van der Waals surface area contributed by atoms with Crippen LogP contribution in [0, 0.1) is 0 Å². The molecule has 1 heterocycles. The maximum absolute atomic E-state index is 12.3. The van der Waals surface area contributed by atoms with E-state index in [2.05, 4.69) is 21.3 Å². The number of carboxylic acids is 1. The number of carbonyl (C=O) groups is 8. The van der Waals surface area contributed by atoms with E-state index in [1.54, 1.807) is 0 Å². The molecule has 60 heavy (non-hydrogen) atoms. The quantitative estimate of drug-likeness (QED) is 0.0265. The van der Waals surface area contributed by atoms with Crippen LogP contribution in [-0.2, 0) is 57.3 Å². The number of aliphatic hydroxyl groups is 2. The minimum absolute atomic E-state index is 0.00693. The van der Waals surface area contributed by atoms with Crippen LogP contribution < -0.4 is 21.3 Å². The van der Waals surface area contributed by atoms with Crippen LogP contribution in [0.4, 0.5) is 0 Å². The summed E-state index contributed by atoms with van der Waals surface area (Å²) in [6, 6.07) is -1.12. The van der Waals surface area contributed by atoms with E-state index in [0.29, 0.717) is 58.3 Å². The van der Waals surface area contributed by atoms with Gasteiger partial charge in [0.2, 0.25) is 29.5 Å². The molecule has 1 aliphatic rings. The molecule has 0 saturated carbocycles. The van der Waals surface area contributed by atoms with Crippen LogP contribution >= 0.6 is 0 Å². The van der Waals surface area contributed by atoms with Gasteiger partial charge < -0.3 is 59.8 Å². The van der Waals surface area contributed by atoms with E-state index in [1.807, 2.05) is 0 Å². The van der Waals surface area contributed by atoms with Crippen LogP contribution in [0.25, 0.3) is 0 Å². The predicted molar refractivity (Wildman–Crippen MR) is 223 cm³/mol. The van der Waals surface area contributed by atoms with Gasteiger partial charge in [0, 0.05) is 59.4 Å². The summed E-state index contributed by atoms with van der Waals surface area (Å²) in [6.45, 7) is 2.05. The Balaban J connectivity index is -0.00000258. The van der Waals surface area contributed by atoms with Gasteiger partial charge in [-0.3, -0.25) is 29.3 Å². The average molecular weight is 865 g/mol. The monoisotopic (exact) mass is 865 g/mol. The van der Waals surface area contributed by atoms with Crippen molar-refractivity contribution in [2.45, 2.75) is 134 Å². The summed E-state index contributed by atoms with van der Waals surface area (Å²) in [5.41, 5.74) is 0. The van der Waals surface area contributed by atoms with Crippen LogP contribution in [-0.4, -0.2) is 150 Å². The summed E-state index contributed by atoms with van der Waals surface area (Å²) in [4.78, 5) is 88.3. The van der Waals surface area contributed by atoms with Crippen molar-refractivity contribution in [3.8, 4) is 0 Å². The standard InChI is InChI=1S/C35H63N3O11.C4H5NO2.2CH4O/c39-21-15-13-11-9-7-5-3-1-2-4-6-8-10-12-14-16-33(42)38-31(35(44)45)17-18-32(41)36-19-23-47-28-29-49-30-34(43)37-20-24-46-26-27-48-25-22-40;6-3-1-2-4(7)5-3;2*1-2/h21-22,31H,1-20,23-30H2,(H,36,41)(H,37,43)(H,38,42)(H,44,45);1-2H2,(H,5,6,7);2*2H,1H3. The molecule has 5 amide bonds. The second kappa shape index (κ2) is 49.5. The summed E-state index contributed by atoms with van der Waals surface area (Å²) in [5, 5.41) is 33.4. The average Bonchev–Trinajstić information content (AvgIpc) is 3.64. The number of imide groups is 1. The molecule has 0 spiro atoms. The second-order valence-corrected chi connectivity index (χ2v) is 13.3. The summed E-state index contributed by atoms with van der Waals surface area (Å²) < 4.78 is 20.7.